The summed E-state index contributed by atoms with van der Waals surface area (Å²) in [6, 6.07) is 12.3. The van der Waals surface area contributed by atoms with Crippen molar-refractivity contribution in [3.63, 3.8) is 0 Å². The Hall–Kier alpha value is -3.26. The van der Waals surface area contributed by atoms with E-state index in [9.17, 15) is 4.79 Å². The molecule has 8 nitrogen and oxygen atoms in total. The normalized spacial score (nSPS) is 16.1. The highest BCUT2D eigenvalue weighted by molar-refractivity contribution is 6.10. The zero-order valence-electron chi connectivity index (χ0n) is 17.4. The number of hydrogen-bond acceptors (Lipinski definition) is 6. The van der Waals surface area contributed by atoms with Gasteiger partial charge in [0, 0.05) is 23.9 Å². The van der Waals surface area contributed by atoms with Gasteiger partial charge >= 0.3 is 0 Å². The third-order valence-electron chi connectivity index (χ3n) is 4.69. The molecule has 160 valence electrons. The predicted molar refractivity (Wildman–Crippen MR) is 115 cm³/mol. The van der Waals surface area contributed by atoms with Gasteiger partial charge in [-0.3, -0.25) is 10.1 Å². The second kappa shape index (κ2) is 10.5. The molecule has 0 aliphatic carbocycles. The van der Waals surface area contributed by atoms with E-state index < -0.39 is 0 Å². The minimum absolute atomic E-state index is 0.0564. The number of benzene rings is 2. The lowest BCUT2D eigenvalue weighted by Gasteiger charge is -2.15. The zero-order valence-corrected chi connectivity index (χ0v) is 17.4. The van der Waals surface area contributed by atoms with Gasteiger partial charge in [0.15, 0.2) is 11.5 Å². The molecule has 2 N–H and O–H groups in total. The van der Waals surface area contributed by atoms with Crippen LogP contribution in [-0.2, 0) is 4.74 Å². The molecular weight excluding hydrogens is 386 g/mol. The monoisotopic (exact) mass is 413 g/mol. The SMILES string of the molecule is COc1cccc(C(=O)NC(=NCC2CCCO2)Nc2ccc(OC)c(OC)c2)c1. The number of hydrogen-bond donors (Lipinski definition) is 2. The third kappa shape index (κ3) is 5.64. The first-order valence-electron chi connectivity index (χ1n) is 9.73. The Labute approximate surface area is 176 Å². The van der Waals surface area contributed by atoms with E-state index in [1.54, 1.807) is 57.7 Å². The summed E-state index contributed by atoms with van der Waals surface area (Å²) in [5.74, 6) is 1.81. The molecule has 0 bridgehead atoms. The molecule has 2 aromatic rings. The van der Waals surface area contributed by atoms with Crippen LogP contribution < -0.4 is 24.8 Å². The van der Waals surface area contributed by atoms with Gasteiger partial charge in [0.1, 0.15) is 5.75 Å². The quantitative estimate of drug-likeness (QED) is 0.536. The molecule has 1 unspecified atom stereocenters. The fraction of sp³-hybridized carbons (Fsp3) is 0.364. The summed E-state index contributed by atoms with van der Waals surface area (Å²) in [5, 5.41) is 5.99. The van der Waals surface area contributed by atoms with Crippen molar-refractivity contribution in [2.45, 2.75) is 18.9 Å². The molecule has 1 aliphatic heterocycles. The number of rotatable bonds is 7. The highest BCUT2D eigenvalue weighted by Gasteiger charge is 2.17. The van der Waals surface area contributed by atoms with Crippen LogP contribution in [0.5, 0.6) is 17.2 Å². The Balaban J connectivity index is 1.79. The van der Waals surface area contributed by atoms with Crippen LogP contribution in [0.25, 0.3) is 0 Å². The van der Waals surface area contributed by atoms with E-state index in [4.69, 9.17) is 18.9 Å². The van der Waals surface area contributed by atoms with Crippen LogP contribution in [0, 0.1) is 0 Å². The van der Waals surface area contributed by atoms with Crippen molar-refractivity contribution in [2.24, 2.45) is 4.99 Å². The van der Waals surface area contributed by atoms with E-state index in [2.05, 4.69) is 15.6 Å². The molecule has 2 aromatic carbocycles. The first-order chi connectivity index (χ1) is 14.6. The third-order valence-corrected chi connectivity index (χ3v) is 4.69. The number of guanidine groups is 1. The lowest BCUT2D eigenvalue weighted by atomic mass is 10.2. The van der Waals surface area contributed by atoms with Crippen molar-refractivity contribution in [1.82, 2.24) is 5.32 Å². The lowest BCUT2D eigenvalue weighted by Crippen LogP contribution is -2.36. The van der Waals surface area contributed by atoms with Gasteiger partial charge in [-0.1, -0.05) is 6.07 Å². The molecule has 8 heteroatoms. The molecule has 1 aliphatic rings. The Bertz CT molecular complexity index is 894. The van der Waals surface area contributed by atoms with Gasteiger partial charge in [0.05, 0.1) is 34.0 Å². The van der Waals surface area contributed by atoms with Crippen LogP contribution in [0.4, 0.5) is 5.69 Å². The summed E-state index contributed by atoms with van der Waals surface area (Å²) in [5.41, 5.74) is 1.16. The number of anilines is 1. The summed E-state index contributed by atoms with van der Waals surface area (Å²) in [7, 11) is 4.70. The second-order valence-electron chi connectivity index (χ2n) is 6.71. The molecule has 0 saturated carbocycles. The Kier molecular flexibility index (Phi) is 7.51. The number of carbonyl (C=O) groups excluding carboxylic acids is 1. The van der Waals surface area contributed by atoms with Crippen molar-refractivity contribution in [2.75, 3.05) is 39.8 Å². The molecule has 1 saturated heterocycles. The first kappa shape index (κ1) is 21.4. The number of ether oxygens (including phenoxy) is 4. The molecular formula is C22H27N3O5. The molecule has 30 heavy (non-hydrogen) atoms. The topological polar surface area (TPSA) is 90.4 Å². The van der Waals surface area contributed by atoms with E-state index in [1.165, 1.54) is 0 Å². The van der Waals surface area contributed by atoms with Gasteiger partial charge in [0.25, 0.3) is 5.91 Å². The summed E-state index contributed by atoms with van der Waals surface area (Å²) in [4.78, 5) is 17.3. The van der Waals surface area contributed by atoms with Crippen molar-refractivity contribution in [3.8, 4) is 17.2 Å². The smallest absolute Gasteiger partial charge is 0.258 e. The molecule has 1 amide bonds. The van der Waals surface area contributed by atoms with E-state index in [-0.39, 0.29) is 12.0 Å². The van der Waals surface area contributed by atoms with Gasteiger partial charge < -0.3 is 24.3 Å². The number of amides is 1. The maximum Gasteiger partial charge on any atom is 0.258 e. The van der Waals surface area contributed by atoms with Gasteiger partial charge in [-0.2, -0.15) is 0 Å². The molecule has 1 fully saturated rings. The van der Waals surface area contributed by atoms with Gasteiger partial charge in [-0.15, -0.1) is 0 Å². The van der Waals surface area contributed by atoms with E-state index in [0.717, 1.165) is 19.4 Å². The number of nitrogens with one attached hydrogen (secondary N) is 2. The van der Waals surface area contributed by atoms with Crippen molar-refractivity contribution < 1.29 is 23.7 Å². The van der Waals surface area contributed by atoms with Crippen molar-refractivity contribution >= 4 is 17.6 Å². The fourth-order valence-electron chi connectivity index (χ4n) is 3.09. The van der Waals surface area contributed by atoms with Crippen LogP contribution in [0.15, 0.2) is 47.5 Å². The van der Waals surface area contributed by atoms with Crippen molar-refractivity contribution in [3.05, 3.63) is 48.0 Å². The largest absolute Gasteiger partial charge is 0.497 e. The first-order valence-corrected chi connectivity index (χ1v) is 9.73. The molecule has 3 rings (SSSR count). The highest BCUT2D eigenvalue weighted by Crippen LogP contribution is 2.29. The standard InChI is InChI=1S/C22H27N3O5/c1-27-17-7-4-6-15(12-17)21(26)25-22(23-14-18-8-5-11-30-18)24-16-9-10-19(28-2)20(13-16)29-3/h4,6-7,9-10,12-13,18H,5,8,11,14H2,1-3H3,(H2,23,24,25,26). The zero-order chi connectivity index (χ0) is 21.3. The van der Waals surface area contributed by atoms with Crippen LogP contribution in [-0.4, -0.2) is 52.5 Å². The fourth-order valence-corrected chi connectivity index (χ4v) is 3.09. The van der Waals surface area contributed by atoms with Crippen LogP contribution in [0.2, 0.25) is 0 Å². The number of nitrogens with zero attached hydrogens (tertiary/aromatic N) is 1. The Morgan fingerprint density at radius 2 is 1.93 bits per heavy atom. The molecule has 0 spiro atoms. The predicted octanol–water partition coefficient (Wildman–Crippen LogP) is 3.09. The van der Waals surface area contributed by atoms with Crippen LogP contribution >= 0.6 is 0 Å². The van der Waals surface area contributed by atoms with Crippen molar-refractivity contribution in [1.29, 1.82) is 0 Å². The average molecular weight is 413 g/mol. The second-order valence-corrected chi connectivity index (χ2v) is 6.71. The summed E-state index contributed by atoms with van der Waals surface area (Å²) >= 11 is 0. The minimum Gasteiger partial charge on any atom is -0.497 e. The maximum atomic E-state index is 12.8. The van der Waals surface area contributed by atoms with Gasteiger partial charge in [0.2, 0.25) is 5.96 Å². The molecule has 1 atom stereocenters. The lowest BCUT2D eigenvalue weighted by molar-refractivity contribution is 0.0975. The van der Waals surface area contributed by atoms with Gasteiger partial charge in [-0.25, -0.2) is 4.99 Å². The molecule has 0 radical (unpaired) electrons. The highest BCUT2D eigenvalue weighted by atomic mass is 16.5. The van der Waals surface area contributed by atoms with Crippen LogP contribution in [0.3, 0.4) is 0 Å². The molecule has 0 aromatic heterocycles. The van der Waals surface area contributed by atoms with Crippen LogP contribution in [0.1, 0.15) is 23.2 Å². The molecule has 1 heterocycles. The number of methoxy groups -OCH3 is 3. The Morgan fingerprint density at radius 1 is 1.10 bits per heavy atom. The maximum absolute atomic E-state index is 12.8. The van der Waals surface area contributed by atoms with E-state index in [0.29, 0.717) is 41.0 Å². The minimum atomic E-state index is -0.298. The number of aliphatic imine (C=N–C) groups is 1. The van der Waals surface area contributed by atoms with E-state index in [1.807, 2.05) is 6.07 Å². The number of carbonyl (C=O) groups is 1. The van der Waals surface area contributed by atoms with Gasteiger partial charge in [-0.05, 0) is 43.2 Å². The summed E-state index contributed by atoms with van der Waals surface area (Å²) in [6.07, 6.45) is 2.03. The van der Waals surface area contributed by atoms with E-state index >= 15 is 0 Å². The average Bonchev–Trinajstić information content (AvgIpc) is 3.31. The summed E-state index contributed by atoms with van der Waals surface area (Å²) < 4.78 is 21.5. The summed E-state index contributed by atoms with van der Waals surface area (Å²) in [6.45, 7) is 1.20. The Morgan fingerprint density at radius 3 is 2.63 bits per heavy atom.